The molecule has 0 aliphatic heterocycles. The molecule has 3 nitrogen and oxygen atoms in total. The zero-order valence-electron chi connectivity index (χ0n) is 9.58. The van der Waals surface area contributed by atoms with Gasteiger partial charge in [0.15, 0.2) is 0 Å². The standard InChI is InChI=1S/C12H12BrClN2O/c1-8-12(13)11(16(2)15-8)7-17-10-5-3-4-9(14)6-10/h3-6H,7H2,1-2H3. The summed E-state index contributed by atoms with van der Waals surface area (Å²) in [7, 11) is 1.90. The maximum Gasteiger partial charge on any atom is 0.131 e. The first kappa shape index (κ1) is 12.5. The van der Waals surface area contributed by atoms with Crippen LogP contribution in [0.2, 0.25) is 5.02 Å². The van der Waals surface area contributed by atoms with E-state index in [1.54, 1.807) is 6.07 Å². The zero-order chi connectivity index (χ0) is 12.4. The molecule has 0 aliphatic carbocycles. The van der Waals surface area contributed by atoms with Crippen molar-refractivity contribution in [2.75, 3.05) is 0 Å². The predicted molar refractivity (Wildman–Crippen MR) is 71.4 cm³/mol. The smallest absolute Gasteiger partial charge is 0.131 e. The first-order chi connectivity index (χ1) is 8.08. The minimum Gasteiger partial charge on any atom is -0.487 e. The molecule has 0 spiro atoms. The van der Waals surface area contributed by atoms with E-state index in [2.05, 4.69) is 21.0 Å². The summed E-state index contributed by atoms with van der Waals surface area (Å²) in [6, 6.07) is 7.35. The molecule has 0 amide bonds. The van der Waals surface area contributed by atoms with Gasteiger partial charge in [-0.3, -0.25) is 4.68 Å². The topological polar surface area (TPSA) is 27.1 Å². The van der Waals surface area contributed by atoms with E-state index < -0.39 is 0 Å². The van der Waals surface area contributed by atoms with Crippen molar-refractivity contribution in [3.8, 4) is 5.75 Å². The Morgan fingerprint density at radius 3 is 2.82 bits per heavy atom. The third-order valence-corrected chi connectivity index (χ3v) is 3.70. The van der Waals surface area contributed by atoms with Crippen LogP contribution in [0.4, 0.5) is 0 Å². The van der Waals surface area contributed by atoms with Crippen molar-refractivity contribution in [2.45, 2.75) is 13.5 Å². The van der Waals surface area contributed by atoms with Gasteiger partial charge < -0.3 is 4.74 Å². The highest BCUT2D eigenvalue weighted by Gasteiger charge is 2.10. The molecular weight excluding hydrogens is 304 g/mol. The Morgan fingerprint density at radius 2 is 2.24 bits per heavy atom. The van der Waals surface area contributed by atoms with E-state index in [9.17, 15) is 0 Å². The Hall–Kier alpha value is -1.000. The number of benzene rings is 1. The molecule has 1 heterocycles. The number of nitrogens with zero attached hydrogens (tertiary/aromatic N) is 2. The number of aromatic nitrogens is 2. The SMILES string of the molecule is Cc1nn(C)c(COc2cccc(Cl)c2)c1Br. The highest BCUT2D eigenvalue weighted by atomic mass is 79.9. The highest BCUT2D eigenvalue weighted by Crippen LogP contribution is 2.23. The van der Waals surface area contributed by atoms with Gasteiger partial charge in [0, 0.05) is 12.1 Å². The molecule has 0 unspecified atom stereocenters. The summed E-state index contributed by atoms with van der Waals surface area (Å²) in [6.45, 7) is 2.41. The van der Waals surface area contributed by atoms with Crippen LogP contribution in [0.1, 0.15) is 11.4 Å². The average molecular weight is 316 g/mol. The summed E-state index contributed by atoms with van der Waals surface area (Å²) >= 11 is 9.39. The normalized spacial score (nSPS) is 10.6. The maximum atomic E-state index is 5.89. The summed E-state index contributed by atoms with van der Waals surface area (Å²) in [4.78, 5) is 0. The van der Waals surface area contributed by atoms with Gasteiger partial charge in [-0.25, -0.2) is 0 Å². The number of hydrogen-bond acceptors (Lipinski definition) is 2. The third kappa shape index (κ3) is 2.82. The average Bonchev–Trinajstić information content (AvgIpc) is 2.51. The van der Waals surface area contributed by atoms with Gasteiger partial charge in [-0.05, 0) is 41.1 Å². The number of aryl methyl sites for hydroxylation is 2. The van der Waals surface area contributed by atoms with Crippen LogP contribution in [0.15, 0.2) is 28.7 Å². The largest absolute Gasteiger partial charge is 0.487 e. The minimum atomic E-state index is 0.457. The summed E-state index contributed by atoms with van der Waals surface area (Å²) in [5, 5.41) is 4.97. The molecule has 90 valence electrons. The molecule has 0 atom stereocenters. The monoisotopic (exact) mass is 314 g/mol. The number of rotatable bonds is 3. The summed E-state index contributed by atoms with van der Waals surface area (Å²) in [6.07, 6.45) is 0. The van der Waals surface area contributed by atoms with Gasteiger partial charge >= 0.3 is 0 Å². The van der Waals surface area contributed by atoms with E-state index >= 15 is 0 Å². The molecule has 0 saturated heterocycles. The fraction of sp³-hybridized carbons (Fsp3) is 0.250. The second-order valence-corrected chi connectivity index (χ2v) is 4.95. The molecule has 2 aromatic rings. The molecule has 0 fully saturated rings. The van der Waals surface area contributed by atoms with Gasteiger partial charge in [0.25, 0.3) is 0 Å². The third-order valence-electron chi connectivity index (χ3n) is 2.43. The molecule has 1 aromatic heterocycles. The Morgan fingerprint density at radius 1 is 1.47 bits per heavy atom. The lowest BCUT2D eigenvalue weighted by Gasteiger charge is -2.07. The Bertz CT molecular complexity index is 539. The predicted octanol–water partition coefficient (Wildman–Crippen LogP) is 3.72. The van der Waals surface area contributed by atoms with Gasteiger partial charge in [0.2, 0.25) is 0 Å². The van der Waals surface area contributed by atoms with Crippen molar-refractivity contribution in [3.05, 3.63) is 45.1 Å². The van der Waals surface area contributed by atoms with Crippen molar-refractivity contribution >= 4 is 27.5 Å². The summed E-state index contributed by atoms with van der Waals surface area (Å²) < 4.78 is 8.47. The second kappa shape index (κ2) is 5.10. The molecule has 2 rings (SSSR count). The summed E-state index contributed by atoms with van der Waals surface area (Å²) in [5.74, 6) is 0.753. The molecular formula is C12H12BrClN2O. The molecule has 1 aromatic carbocycles. The molecule has 0 saturated carbocycles. The van der Waals surface area contributed by atoms with Crippen LogP contribution >= 0.6 is 27.5 Å². The molecule has 0 aliphatic rings. The van der Waals surface area contributed by atoms with E-state index in [1.807, 2.05) is 36.9 Å². The van der Waals surface area contributed by atoms with Crippen molar-refractivity contribution in [2.24, 2.45) is 7.05 Å². The van der Waals surface area contributed by atoms with Crippen LogP contribution in [0, 0.1) is 6.92 Å². The van der Waals surface area contributed by atoms with Gasteiger partial charge in [0.1, 0.15) is 12.4 Å². The van der Waals surface area contributed by atoms with E-state index in [0.29, 0.717) is 11.6 Å². The fourth-order valence-corrected chi connectivity index (χ4v) is 2.18. The van der Waals surface area contributed by atoms with E-state index in [-0.39, 0.29) is 0 Å². The lowest BCUT2D eigenvalue weighted by Crippen LogP contribution is -2.03. The van der Waals surface area contributed by atoms with Crippen LogP contribution in [0.25, 0.3) is 0 Å². The quantitative estimate of drug-likeness (QED) is 0.863. The van der Waals surface area contributed by atoms with E-state index in [4.69, 9.17) is 16.3 Å². The molecule has 17 heavy (non-hydrogen) atoms. The maximum absolute atomic E-state index is 5.89. The first-order valence-corrected chi connectivity index (χ1v) is 6.31. The molecule has 0 radical (unpaired) electrons. The Kier molecular flexibility index (Phi) is 3.74. The van der Waals surface area contributed by atoms with Crippen LogP contribution in [-0.2, 0) is 13.7 Å². The van der Waals surface area contributed by atoms with Crippen LogP contribution in [0.3, 0.4) is 0 Å². The van der Waals surface area contributed by atoms with Crippen molar-refractivity contribution in [3.63, 3.8) is 0 Å². The van der Waals surface area contributed by atoms with E-state index in [1.165, 1.54) is 0 Å². The fourth-order valence-electron chi connectivity index (χ4n) is 1.55. The molecule has 5 heteroatoms. The second-order valence-electron chi connectivity index (χ2n) is 3.72. The van der Waals surface area contributed by atoms with Crippen LogP contribution < -0.4 is 4.74 Å². The Balaban J connectivity index is 2.12. The first-order valence-electron chi connectivity index (χ1n) is 5.14. The van der Waals surface area contributed by atoms with Crippen LogP contribution in [-0.4, -0.2) is 9.78 Å². The van der Waals surface area contributed by atoms with Gasteiger partial charge in [-0.2, -0.15) is 5.10 Å². The van der Waals surface area contributed by atoms with Gasteiger partial charge in [-0.15, -0.1) is 0 Å². The molecule has 0 N–H and O–H groups in total. The molecule has 0 bridgehead atoms. The van der Waals surface area contributed by atoms with Crippen molar-refractivity contribution < 1.29 is 4.74 Å². The Labute approximate surface area is 113 Å². The van der Waals surface area contributed by atoms with Gasteiger partial charge in [0.05, 0.1) is 15.9 Å². The lowest BCUT2D eigenvalue weighted by atomic mass is 10.3. The highest BCUT2D eigenvalue weighted by molar-refractivity contribution is 9.10. The lowest BCUT2D eigenvalue weighted by molar-refractivity contribution is 0.294. The minimum absolute atomic E-state index is 0.457. The summed E-state index contributed by atoms with van der Waals surface area (Å²) in [5.41, 5.74) is 1.96. The van der Waals surface area contributed by atoms with Crippen molar-refractivity contribution in [1.29, 1.82) is 0 Å². The number of hydrogen-bond donors (Lipinski definition) is 0. The van der Waals surface area contributed by atoms with Crippen LogP contribution in [0.5, 0.6) is 5.75 Å². The zero-order valence-corrected chi connectivity index (χ0v) is 11.9. The van der Waals surface area contributed by atoms with E-state index in [0.717, 1.165) is 21.6 Å². The van der Waals surface area contributed by atoms with Crippen molar-refractivity contribution in [1.82, 2.24) is 9.78 Å². The van der Waals surface area contributed by atoms with Gasteiger partial charge in [-0.1, -0.05) is 17.7 Å². The number of halogens is 2. The number of ether oxygens (including phenoxy) is 1.